The second-order valence-electron chi connectivity index (χ2n) is 9.16. The summed E-state index contributed by atoms with van der Waals surface area (Å²) in [6, 6.07) is 18.0. The summed E-state index contributed by atoms with van der Waals surface area (Å²) in [5.41, 5.74) is 18.8. The van der Waals surface area contributed by atoms with Crippen molar-refractivity contribution in [3.8, 4) is 11.5 Å². The quantitative estimate of drug-likeness (QED) is 0.189. The molecule has 0 saturated heterocycles. The van der Waals surface area contributed by atoms with Gasteiger partial charge in [-0.25, -0.2) is 0 Å². The Bertz CT molecular complexity index is 1200. The molecule has 0 spiro atoms. The van der Waals surface area contributed by atoms with Gasteiger partial charge in [0.2, 0.25) is 17.7 Å². The number of anilines is 1. The third-order valence-corrected chi connectivity index (χ3v) is 6.07. The van der Waals surface area contributed by atoms with E-state index < -0.39 is 23.9 Å². The first kappa shape index (κ1) is 30.2. The van der Waals surface area contributed by atoms with Crippen molar-refractivity contribution in [2.24, 2.45) is 17.2 Å². The summed E-state index contributed by atoms with van der Waals surface area (Å²) in [5, 5.41) is 5.57. The second kappa shape index (κ2) is 15.9. The van der Waals surface area contributed by atoms with Crippen LogP contribution in [-0.4, -0.2) is 65.9 Å². The lowest BCUT2D eigenvalue weighted by molar-refractivity contribution is -0.134. The number of rotatable bonds is 15. The Morgan fingerprint density at radius 1 is 0.875 bits per heavy atom. The summed E-state index contributed by atoms with van der Waals surface area (Å²) in [7, 11) is 0. The molecule has 40 heavy (non-hydrogen) atoms. The van der Waals surface area contributed by atoms with Crippen LogP contribution in [0.2, 0.25) is 0 Å². The monoisotopic (exact) mass is 547 g/mol. The number of carbonyl (C=O) groups excluding carboxylic acids is 3. The van der Waals surface area contributed by atoms with Gasteiger partial charge in [0.25, 0.3) is 0 Å². The van der Waals surface area contributed by atoms with Crippen LogP contribution in [0.4, 0.5) is 5.69 Å². The fourth-order valence-electron chi connectivity index (χ4n) is 3.97. The molecule has 3 aromatic rings. The molecule has 0 bridgehead atoms. The zero-order valence-electron chi connectivity index (χ0n) is 22.4. The Balaban J connectivity index is 1.65. The first-order valence-electron chi connectivity index (χ1n) is 13.2. The molecular formula is C29H37N7O4. The van der Waals surface area contributed by atoms with E-state index in [4.69, 9.17) is 21.9 Å². The molecule has 0 saturated carbocycles. The number of hydrogen-bond donors (Lipinski definition) is 5. The van der Waals surface area contributed by atoms with Gasteiger partial charge >= 0.3 is 0 Å². The molecular weight excluding hydrogens is 510 g/mol. The van der Waals surface area contributed by atoms with E-state index in [1.54, 1.807) is 48.8 Å². The van der Waals surface area contributed by atoms with Crippen LogP contribution in [-0.2, 0) is 20.8 Å². The Hall–Kier alpha value is -4.32. The highest BCUT2D eigenvalue weighted by Crippen LogP contribution is 2.22. The van der Waals surface area contributed by atoms with Crippen LogP contribution in [0.5, 0.6) is 11.5 Å². The van der Waals surface area contributed by atoms with Gasteiger partial charge in [-0.15, -0.1) is 0 Å². The summed E-state index contributed by atoms with van der Waals surface area (Å²) in [6.07, 6.45) is 3.91. The highest BCUT2D eigenvalue weighted by Gasteiger charge is 2.26. The zero-order chi connectivity index (χ0) is 28.7. The summed E-state index contributed by atoms with van der Waals surface area (Å²) in [4.78, 5) is 44.3. The Morgan fingerprint density at radius 3 is 2.20 bits per heavy atom. The maximum Gasteiger partial charge on any atom is 0.246 e. The van der Waals surface area contributed by atoms with Crippen molar-refractivity contribution >= 4 is 23.4 Å². The van der Waals surface area contributed by atoms with Gasteiger partial charge < -0.3 is 37.5 Å². The summed E-state index contributed by atoms with van der Waals surface area (Å²) >= 11 is 0. The lowest BCUT2D eigenvalue weighted by atomic mass is 10.0. The Labute approximate surface area is 234 Å². The molecule has 0 radical (unpaired) electrons. The Morgan fingerprint density at radius 2 is 1.57 bits per heavy atom. The standard InChI is InChI=1S/C29H37N7O4/c30-14-17-36(18-15-31)27(37)19-25(32)28(38)35-26(13-8-21-5-2-1-3-6-21)29(39)34-22-9-11-23(12-10-22)40-24-7-4-16-33-20-24/h1-7,9-12,16,20,25-26H,8,13-15,17-19,30-32H2,(H,34,39)(H,35,38). The molecule has 2 atom stereocenters. The number of nitrogens with two attached hydrogens (primary N) is 3. The number of carbonyl (C=O) groups is 3. The number of amides is 3. The zero-order valence-corrected chi connectivity index (χ0v) is 22.4. The van der Waals surface area contributed by atoms with E-state index in [0.29, 0.717) is 43.1 Å². The smallest absolute Gasteiger partial charge is 0.246 e. The molecule has 8 N–H and O–H groups in total. The van der Waals surface area contributed by atoms with E-state index in [9.17, 15) is 14.4 Å². The minimum atomic E-state index is -1.14. The molecule has 1 heterocycles. The molecule has 3 rings (SSSR count). The third-order valence-electron chi connectivity index (χ3n) is 6.07. The van der Waals surface area contributed by atoms with Gasteiger partial charge in [-0.3, -0.25) is 19.4 Å². The molecule has 11 heteroatoms. The number of nitrogens with one attached hydrogen (secondary N) is 2. The topological polar surface area (TPSA) is 179 Å². The maximum atomic E-state index is 13.3. The highest BCUT2D eigenvalue weighted by atomic mass is 16.5. The highest BCUT2D eigenvalue weighted by molar-refractivity contribution is 5.98. The SMILES string of the molecule is NCCN(CCN)C(=O)CC(N)C(=O)NC(CCc1ccccc1)C(=O)Nc1ccc(Oc2cccnc2)cc1. The normalized spacial score (nSPS) is 12.2. The van der Waals surface area contributed by atoms with Crippen LogP contribution in [0.25, 0.3) is 0 Å². The number of benzene rings is 2. The van der Waals surface area contributed by atoms with Crippen LogP contribution in [0.15, 0.2) is 79.1 Å². The van der Waals surface area contributed by atoms with Gasteiger partial charge in [0.05, 0.1) is 18.7 Å². The molecule has 212 valence electrons. The van der Waals surface area contributed by atoms with Crippen molar-refractivity contribution in [1.82, 2.24) is 15.2 Å². The van der Waals surface area contributed by atoms with Crippen molar-refractivity contribution < 1.29 is 19.1 Å². The number of aryl methyl sites for hydroxylation is 1. The van der Waals surface area contributed by atoms with Gasteiger partial charge in [-0.1, -0.05) is 30.3 Å². The van der Waals surface area contributed by atoms with Crippen LogP contribution < -0.4 is 32.6 Å². The fourth-order valence-corrected chi connectivity index (χ4v) is 3.97. The summed E-state index contributed by atoms with van der Waals surface area (Å²) < 4.78 is 5.74. The average Bonchev–Trinajstić information content (AvgIpc) is 2.97. The van der Waals surface area contributed by atoms with E-state index in [1.807, 2.05) is 30.3 Å². The van der Waals surface area contributed by atoms with Crippen molar-refractivity contribution in [1.29, 1.82) is 0 Å². The minimum absolute atomic E-state index is 0.225. The van der Waals surface area contributed by atoms with E-state index in [1.165, 1.54) is 4.90 Å². The van der Waals surface area contributed by atoms with E-state index in [2.05, 4.69) is 15.6 Å². The van der Waals surface area contributed by atoms with Gasteiger partial charge in [-0.05, 0) is 54.8 Å². The lowest BCUT2D eigenvalue weighted by Crippen LogP contribution is -2.52. The second-order valence-corrected chi connectivity index (χ2v) is 9.16. The van der Waals surface area contributed by atoms with E-state index in [0.717, 1.165) is 5.56 Å². The summed E-state index contributed by atoms with van der Waals surface area (Å²) in [5.74, 6) is -0.155. The van der Waals surface area contributed by atoms with E-state index in [-0.39, 0.29) is 25.4 Å². The number of ether oxygens (including phenoxy) is 1. The number of nitrogens with zero attached hydrogens (tertiary/aromatic N) is 2. The van der Waals surface area contributed by atoms with Crippen molar-refractivity contribution in [2.45, 2.75) is 31.3 Å². The fraction of sp³-hybridized carbons (Fsp3) is 0.310. The molecule has 0 aliphatic rings. The minimum Gasteiger partial charge on any atom is -0.456 e. The molecule has 1 aromatic heterocycles. The molecule has 2 aromatic carbocycles. The van der Waals surface area contributed by atoms with Gasteiger partial charge in [0.15, 0.2) is 0 Å². The van der Waals surface area contributed by atoms with Crippen LogP contribution in [0, 0.1) is 0 Å². The first-order chi connectivity index (χ1) is 19.4. The predicted octanol–water partition coefficient (Wildman–Crippen LogP) is 1.39. The molecule has 11 nitrogen and oxygen atoms in total. The maximum absolute atomic E-state index is 13.3. The molecule has 2 unspecified atom stereocenters. The lowest BCUT2D eigenvalue weighted by Gasteiger charge is -2.24. The van der Waals surface area contributed by atoms with Crippen LogP contribution in [0.3, 0.4) is 0 Å². The molecule has 3 amide bonds. The number of pyridine rings is 1. The van der Waals surface area contributed by atoms with Gasteiger partial charge in [-0.2, -0.15) is 0 Å². The van der Waals surface area contributed by atoms with Crippen LogP contribution >= 0.6 is 0 Å². The first-order valence-corrected chi connectivity index (χ1v) is 13.2. The molecule has 0 aliphatic heterocycles. The number of hydrogen-bond acceptors (Lipinski definition) is 8. The van der Waals surface area contributed by atoms with Crippen molar-refractivity contribution in [3.05, 3.63) is 84.7 Å². The van der Waals surface area contributed by atoms with E-state index >= 15 is 0 Å². The van der Waals surface area contributed by atoms with Gasteiger partial charge in [0.1, 0.15) is 17.5 Å². The van der Waals surface area contributed by atoms with Gasteiger partial charge in [0, 0.05) is 38.1 Å². The molecule has 0 fully saturated rings. The van der Waals surface area contributed by atoms with Crippen molar-refractivity contribution in [2.75, 3.05) is 31.5 Å². The number of aromatic nitrogens is 1. The largest absolute Gasteiger partial charge is 0.456 e. The van der Waals surface area contributed by atoms with Crippen LogP contribution in [0.1, 0.15) is 18.4 Å². The average molecular weight is 548 g/mol. The third kappa shape index (κ3) is 9.77. The predicted molar refractivity (Wildman–Crippen MR) is 153 cm³/mol. The van der Waals surface area contributed by atoms with Crippen molar-refractivity contribution in [3.63, 3.8) is 0 Å². The Kier molecular flexibility index (Phi) is 12.0. The summed E-state index contributed by atoms with van der Waals surface area (Å²) in [6.45, 7) is 1.17. The molecule has 0 aliphatic carbocycles.